The summed E-state index contributed by atoms with van der Waals surface area (Å²) in [7, 11) is -1.39. The third-order valence-corrected chi connectivity index (χ3v) is 7.16. The first-order valence-electron chi connectivity index (χ1n) is 10.7. The Kier molecular flexibility index (Phi) is 7.96. The van der Waals surface area contributed by atoms with E-state index in [9.17, 15) is 18.0 Å². The van der Waals surface area contributed by atoms with Gasteiger partial charge in [-0.15, -0.1) is 0 Å². The van der Waals surface area contributed by atoms with Crippen LogP contribution in [0.5, 0.6) is 0 Å². The standard InChI is InChI=1S/C22H29N3O7S/c1-14-13-18(24-32-14)25-33(28,29)17-11-9-16(10-12-17)23-20(15-7-5-4-6-8-15)19(21(26)30-2)22(27)31-3/h9-13,15,19-20,23H,4-8H2,1-3H3,(H,24,25). The van der Waals surface area contributed by atoms with E-state index in [4.69, 9.17) is 14.0 Å². The highest BCUT2D eigenvalue weighted by Crippen LogP contribution is 2.33. The van der Waals surface area contributed by atoms with Gasteiger partial charge in [-0.1, -0.05) is 24.4 Å². The SMILES string of the molecule is COC(=O)C(C(=O)OC)C(Nc1ccc(S(=O)(=O)Nc2cc(C)on2)cc1)C1CCCCC1. The number of sulfonamides is 1. The highest BCUT2D eigenvalue weighted by Gasteiger charge is 2.41. The van der Waals surface area contributed by atoms with Gasteiger partial charge in [0.15, 0.2) is 11.7 Å². The molecule has 11 heteroatoms. The van der Waals surface area contributed by atoms with Crippen LogP contribution in [0.3, 0.4) is 0 Å². The number of benzene rings is 1. The fourth-order valence-electron chi connectivity index (χ4n) is 4.14. The number of aryl methyl sites for hydroxylation is 1. The first kappa shape index (κ1) is 24.6. The molecule has 1 saturated carbocycles. The summed E-state index contributed by atoms with van der Waals surface area (Å²) in [6, 6.07) is 6.96. The van der Waals surface area contributed by atoms with Gasteiger partial charge in [0.2, 0.25) is 0 Å². The molecule has 0 spiro atoms. The molecular weight excluding hydrogens is 450 g/mol. The Labute approximate surface area is 193 Å². The topological polar surface area (TPSA) is 137 Å². The maximum Gasteiger partial charge on any atom is 0.322 e. The summed E-state index contributed by atoms with van der Waals surface area (Å²) in [6.45, 7) is 1.66. The molecule has 1 aliphatic rings. The summed E-state index contributed by atoms with van der Waals surface area (Å²) in [5, 5.41) is 6.91. The van der Waals surface area contributed by atoms with Gasteiger partial charge in [0.25, 0.3) is 10.0 Å². The first-order valence-corrected chi connectivity index (χ1v) is 12.2. The number of carbonyl (C=O) groups is 2. The number of nitrogens with one attached hydrogen (secondary N) is 2. The van der Waals surface area contributed by atoms with Crippen molar-refractivity contribution in [2.45, 2.75) is 50.0 Å². The molecule has 0 saturated heterocycles. The van der Waals surface area contributed by atoms with Crippen molar-refractivity contribution >= 4 is 33.5 Å². The minimum absolute atomic E-state index is 0.0282. The number of ether oxygens (including phenoxy) is 2. The predicted molar refractivity (Wildman–Crippen MR) is 120 cm³/mol. The Morgan fingerprint density at radius 1 is 1.06 bits per heavy atom. The van der Waals surface area contributed by atoms with Crippen LogP contribution in [0.2, 0.25) is 0 Å². The number of hydrogen-bond acceptors (Lipinski definition) is 9. The smallest absolute Gasteiger partial charge is 0.322 e. The van der Waals surface area contributed by atoms with Crippen LogP contribution < -0.4 is 10.0 Å². The number of esters is 2. The van der Waals surface area contributed by atoms with E-state index in [1.54, 1.807) is 19.1 Å². The summed E-state index contributed by atoms with van der Waals surface area (Å²) in [5.41, 5.74) is 0.569. The van der Waals surface area contributed by atoms with Crippen molar-refractivity contribution in [3.63, 3.8) is 0 Å². The van der Waals surface area contributed by atoms with E-state index < -0.39 is 33.9 Å². The van der Waals surface area contributed by atoms with Crippen LogP contribution in [0.15, 0.2) is 39.8 Å². The zero-order valence-electron chi connectivity index (χ0n) is 18.9. The zero-order chi connectivity index (χ0) is 24.0. The molecule has 3 rings (SSSR count). The quantitative estimate of drug-likeness (QED) is 0.410. The third kappa shape index (κ3) is 6.04. The molecule has 0 amide bonds. The number of carbonyl (C=O) groups excluding carboxylic acids is 2. The van der Waals surface area contributed by atoms with Crippen molar-refractivity contribution in [2.24, 2.45) is 11.8 Å². The van der Waals surface area contributed by atoms with Gasteiger partial charge < -0.3 is 19.3 Å². The van der Waals surface area contributed by atoms with E-state index in [-0.39, 0.29) is 16.6 Å². The second-order valence-electron chi connectivity index (χ2n) is 8.04. The third-order valence-electron chi connectivity index (χ3n) is 5.79. The molecule has 0 bridgehead atoms. The molecule has 1 fully saturated rings. The minimum Gasteiger partial charge on any atom is -0.468 e. The van der Waals surface area contributed by atoms with Crippen molar-refractivity contribution in [1.82, 2.24) is 5.16 Å². The first-order chi connectivity index (χ1) is 15.7. The van der Waals surface area contributed by atoms with Crippen LogP contribution >= 0.6 is 0 Å². The van der Waals surface area contributed by atoms with E-state index in [2.05, 4.69) is 15.2 Å². The maximum atomic E-state index is 12.6. The van der Waals surface area contributed by atoms with Crippen molar-refractivity contribution in [3.8, 4) is 0 Å². The van der Waals surface area contributed by atoms with E-state index in [0.717, 1.165) is 32.1 Å². The van der Waals surface area contributed by atoms with Gasteiger partial charge in [0, 0.05) is 11.8 Å². The average Bonchev–Trinajstić information content (AvgIpc) is 3.22. The van der Waals surface area contributed by atoms with Gasteiger partial charge in [-0.25, -0.2) is 8.42 Å². The summed E-state index contributed by atoms with van der Waals surface area (Å²) in [6.07, 6.45) is 4.82. The van der Waals surface area contributed by atoms with Gasteiger partial charge in [0.05, 0.1) is 25.2 Å². The van der Waals surface area contributed by atoms with Crippen molar-refractivity contribution in [1.29, 1.82) is 0 Å². The summed E-state index contributed by atoms with van der Waals surface area (Å²) in [5.74, 6) is -1.85. The van der Waals surface area contributed by atoms with Gasteiger partial charge in [-0.2, -0.15) is 0 Å². The van der Waals surface area contributed by atoms with Crippen LogP contribution in [0.4, 0.5) is 11.5 Å². The number of hydrogen-bond donors (Lipinski definition) is 2. The van der Waals surface area contributed by atoms with Crippen LogP contribution in [0.1, 0.15) is 37.9 Å². The van der Waals surface area contributed by atoms with Crippen LogP contribution in [-0.2, 0) is 29.1 Å². The van der Waals surface area contributed by atoms with E-state index in [1.807, 2.05) is 0 Å². The molecule has 0 aliphatic heterocycles. The number of nitrogens with zero attached hydrogens (tertiary/aromatic N) is 1. The Morgan fingerprint density at radius 3 is 2.18 bits per heavy atom. The second kappa shape index (κ2) is 10.7. The lowest BCUT2D eigenvalue weighted by Crippen LogP contribution is -2.46. The van der Waals surface area contributed by atoms with Crippen LogP contribution in [0.25, 0.3) is 0 Å². The highest BCUT2D eigenvalue weighted by atomic mass is 32.2. The predicted octanol–water partition coefficient (Wildman–Crippen LogP) is 3.11. The molecule has 10 nitrogen and oxygen atoms in total. The molecule has 2 aromatic rings. The molecule has 1 heterocycles. The monoisotopic (exact) mass is 479 g/mol. The molecule has 2 N–H and O–H groups in total. The zero-order valence-corrected chi connectivity index (χ0v) is 19.7. The van der Waals surface area contributed by atoms with Gasteiger partial charge >= 0.3 is 11.9 Å². The fourth-order valence-corrected chi connectivity index (χ4v) is 5.13. The fraction of sp³-hybridized carbons (Fsp3) is 0.500. The Balaban J connectivity index is 1.83. The van der Waals surface area contributed by atoms with Crippen LogP contribution in [0, 0.1) is 18.8 Å². The number of anilines is 2. The summed E-state index contributed by atoms with van der Waals surface area (Å²) < 4.78 is 42.3. The van der Waals surface area contributed by atoms with E-state index in [1.165, 1.54) is 32.4 Å². The molecular formula is C22H29N3O7S. The van der Waals surface area contributed by atoms with Crippen molar-refractivity contribution < 1.29 is 32.0 Å². The lowest BCUT2D eigenvalue weighted by Gasteiger charge is -2.34. The molecule has 1 atom stereocenters. The van der Waals surface area contributed by atoms with E-state index >= 15 is 0 Å². The summed E-state index contributed by atoms with van der Waals surface area (Å²) >= 11 is 0. The number of rotatable bonds is 9. The Bertz CT molecular complexity index is 1040. The molecule has 1 aromatic carbocycles. The molecule has 33 heavy (non-hydrogen) atoms. The number of methoxy groups -OCH3 is 2. The van der Waals surface area contributed by atoms with Crippen molar-refractivity contribution in [3.05, 3.63) is 36.1 Å². The van der Waals surface area contributed by atoms with Gasteiger partial charge in [0.1, 0.15) is 5.76 Å². The summed E-state index contributed by atoms with van der Waals surface area (Å²) in [4.78, 5) is 25.0. The largest absolute Gasteiger partial charge is 0.468 e. The Hall–Kier alpha value is -3.08. The molecule has 0 radical (unpaired) electrons. The molecule has 1 aromatic heterocycles. The van der Waals surface area contributed by atoms with Crippen molar-refractivity contribution in [2.75, 3.05) is 24.3 Å². The lowest BCUT2D eigenvalue weighted by molar-refractivity contribution is -0.160. The molecule has 1 aliphatic carbocycles. The van der Waals surface area contributed by atoms with Gasteiger partial charge in [-0.05, 0) is 49.9 Å². The van der Waals surface area contributed by atoms with Gasteiger partial charge in [-0.3, -0.25) is 14.3 Å². The average molecular weight is 480 g/mol. The second-order valence-corrected chi connectivity index (χ2v) is 9.73. The maximum absolute atomic E-state index is 12.6. The lowest BCUT2D eigenvalue weighted by atomic mass is 9.78. The van der Waals surface area contributed by atoms with Crippen LogP contribution in [-0.4, -0.2) is 45.8 Å². The molecule has 180 valence electrons. The van der Waals surface area contributed by atoms with E-state index in [0.29, 0.717) is 11.4 Å². The normalized spacial score (nSPS) is 15.6. The Morgan fingerprint density at radius 2 is 1.67 bits per heavy atom. The molecule has 1 unspecified atom stereocenters. The number of aromatic nitrogens is 1. The highest BCUT2D eigenvalue weighted by molar-refractivity contribution is 7.92. The minimum atomic E-state index is -3.87.